The molecule has 1 aromatic carbocycles. The first-order valence-corrected chi connectivity index (χ1v) is 7.31. The van der Waals surface area contributed by atoms with Crippen molar-refractivity contribution in [2.45, 2.75) is 19.9 Å². The van der Waals surface area contributed by atoms with Gasteiger partial charge in [0.2, 0.25) is 0 Å². The molecule has 0 radical (unpaired) electrons. The molecule has 0 aliphatic carbocycles. The minimum absolute atomic E-state index is 0.00939. The lowest BCUT2D eigenvalue weighted by atomic mass is 10.1. The van der Waals surface area contributed by atoms with Crippen LogP contribution in [0.2, 0.25) is 0 Å². The van der Waals surface area contributed by atoms with Crippen molar-refractivity contribution < 1.29 is 4.92 Å². The largest absolute Gasteiger partial charge is 0.376 e. The lowest BCUT2D eigenvalue weighted by Gasteiger charge is -2.15. The molecule has 0 amide bonds. The molecule has 0 spiro atoms. The maximum Gasteiger partial charge on any atom is 0.274 e. The summed E-state index contributed by atoms with van der Waals surface area (Å²) in [6, 6.07) is 3.28. The molecule has 1 unspecified atom stereocenters. The second kappa shape index (κ2) is 5.66. The number of nitro benzene ring substituents is 1. The van der Waals surface area contributed by atoms with E-state index in [0.717, 1.165) is 10.2 Å². The molecule has 0 saturated heterocycles. The van der Waals surface area contributed by atoms with E-state index < -0.39 is 0 Å². The normalized spacial score (nSPS) is 12.2. The molecule has 1 aromatic heterocycles. The van der Waals surface area contributed by atoms with Crippen LogP contribution in [0.4, 0.5) is 11.4 Å². The second-order valence-electron chi connectivity index (χ2n) is 4.15. The summed E-state index contributed by atoms with van der Waals surface area (Å²) in [7, 11) is 0. The number of thiazole rings is 1. The molecule has 1 atom stereocenters. The molecule has 0 bridgehead atoms. The Morgan fingerprint density at radius 1 is 1.53 bits per heavy atom. The van der Waals surface area contributed by atoms with Crippen LogP contribution in [0.3, 0.4) is 0 Å². The summed E-state index contributed by atoms with van der Waals surface area (Å²) in [5.74, 6) is 0. The van der Waals surface area contributed by atoms with E-state index in [0.29, 0.717) is 11.3 Å². The van der Waals surface area contributed by atoms with Gasteiger partial charge in [-0.05, 0) is 35.8 Å². The SMILES string of the molecule is Cc1cc(Br)c(NC(C)c2cscn2)cc1[N+](=O)[O-]. The van der Waals surface area contributed by atoms with Gasteiger partial charge in [0.25, 0.3) is 5.69 Å². The van der Waals surface area contributed by atoms with E-state index in [1.54, 1.807) is 24.6 Å². The van der Waals surface area contributed by atoms with Gasteiger partial charge in [0.15, 0.2) is 0 Å². The fraction of sp³-hybridized carbons (Fsp3) is 0.250. The number of halogens is 1. The highest BCUT2D eigenvalue weighted by Crippen LogP contribution is 2.32. The molecule has 2 rings (SSSR count). The molecule has 0 saturated carbocycles. The van der Waals surface area contributed by atoms with Gasteiger partial charge in [0, 0.05) is 21.5 Å². The lowest BCUT2D eigenvalue weighted by molar-refractivity contribution is -0.385. The Morgan fingerprint density at radius 2 is 2.26 bits per heavy atom. The standard InChI is InChI=1S/C12H12BrN3O2S/c1-7-3-9(13)10(4-12(7)16(17)18)15-8(2)11-5-19-6-14-11/h3-6,8,15H,1-2H3. The monoisotopic (exact) mass is 341 g/mol. The van der Waals surface area contributed by atoms with Gasteiger partial charge in [-0.25, -0.2) is 4.98 Å². The van der Waals surface area contributed by atoms with Crippen LogP contribution in [0.15, 0.2) is 27.5 Å². The molecule has 0 aliphatic rings. The number of aromatic nitrogens is 1. The molecule has 5 nitrogen and oxygen atoms in total. The summed E-state index contributed by atoms with van der Waals surface area (Å²) in [5.41, 5.74) is 4.11. The highest BCUT2D eigenvalue weighted by atomic mass is 79.9. The molecule has 1 heterocycles. The second-order valence-corrected chi connectivity index (χ2v) is 5.73. The molecule has 0 fully saturated rings. The minimum Gasteiger partial charge on any atom is -0.376 e. The number of nitrogens with zero attached hydrogens (tertiary/aromatic N) is 2. The third kappa shape index (κ3) is 3.10. The average Bonchev–Trinajstić information content (AvgIpc) is 2.85. The number of nitro groups is 1. The highest BCUT2D eigenvalue weighted by Gasteiger charge is 2.16. The summed E-state index contributed by atoms with van der Waals surface area (Å²) in [4.78, 5) is 14.8. The van der Waals surface area contributed by atoms with Crippen LogP contribution in [0.5, 0.6) is 0 Å². The van der Waals surface area contributed by atoms with E-state index >= 15 is 0 Å². The number of aryl methyl sites for hydroxylation is 1. The van der Waals surface area contributed by atoms with Gasteiger partial charge in [-0.3, -0.25) is 10.1 Å². The molecule has 100 valence electrons. The third-order valence-electron chi connectivity index (χ3n) is 2.75. The number of benzene rings is 1. The zero-order valence-electron chi connectivity index (χ0n) is 10.4. The van der Waals surface area contributed by atoms with E-state index in [1.165, 1.54) is 11.3 Å². The molecule has 2 aromatic rings. The van der Waals surface area contributed by atoms with Gasteiger partial charge >= 0.3 is 0 Å². The van der Waals surface area contributed by atoms with Crippen molar-refractivity contribution in [3.05, 3.63) is 48.9 Å². The van der Waals surface area contributed by atoms with Crippen LogP contribution in [-0.2, 0) is 0 Å². The number of anilines is 1. The fourth-order valence-electron chi connectivity index (χ4n) is 1.71. The molecule has 0 aliphatic heterocycles. The Morgan fingerprint density at radius 3 is 2.84 bits per heavy atom. The third-order valence-corrected chi connectivity index (χ3v) is 4.01. The zero-order valence-corrected chi connectivity index (χ0v) is 12.8. The summed E-state index contributed by atoms with van der Waals surface area (Å²) >= 11 is 4.94. The Bertz CT molecular complexity index is 601. The topological polar surface area (TPSA) is 68.1 Å². The van der Waals surface area contributed by atoms with Crippen molar-refractivity contribution in [2.24, 2.45) is 0 Å². The van der Waals surface area contributed by atoms with Gasteiger partial charge in [-0.2, -0.15) is 0 Å². The van der Waals surface area contributed by atoms with Crippen LogP contribution < -0.4 is 5.32 Å². The van der Waals surface area contributed by atoms with E-state index in [2.05, 4.69) is 26.2 Å². The van der Waals surface area contributed by atoms with E-state index in [-0.39, 0.29) is 16.7 Å². The molecular weight excluding hydrogens is 330 g/mol. The van der Waals surface area contributed by atoms with Crippen molar-refractivity contribution in [1.29, 1.82) is 0 Å². The molecular formula is C12H12BrN3O2S. The summed E-state index contributed by atoms with van der Waals surface area (Å²) in [6.45, 7) is 3.68. The maximum absolute atomic E-state index is 11.0. The molecule has 7 heteroatoms. The van der Waals surface area contributed by atoms with Gasteiger partial charge < -0.3 is 5.32 Å². The zero-order chi connectivity index (χ0) is 14.0. The van der Waals surface area contributed by atoms with Crippen LogP contribution in [0.25, 0.3) is 0 Å². The van der Waals surface area contributed by atoms with E-state index in [4.69, 9.17) is 0 Å². The lowest BCUT2D eigenvalue weighted by Crippen LogP contribution is -2.08. The smallest absolute Gasteiger partial charge is 0.274 e. The van der Waals surface area contributed by atoms with E-state index in [1.807, 2.05) is 12.3 Å². The Balaban J connectivity index is 2.30. The Labute approximate surface area is 123 Å². The summed E-state index contributed by atoms with van der Waals surface area (Å²) < 4.78 is 0.803. The van der Waals surface area contributed by atoms with Crippen molar-refractivity contribution in [3.8, 4) is 0 Å². The van der Waals surface area contributed by atoms with Gasteiger partial charge in [-0.1, -0.05) is 0 Å². The Hall–Kier alpha value is -1.47. The highest BCUT2D eigenvalue weighted by molar-refractivity contribution is 9.10. The first kappa shape index (κ1) is 14.0. The number of nitrogens with one attached hydrogen (secondary N) is 1. The van der Waals surface area contributed by atoms with Crippen molar-refractivity contribution >= 4 is 38.6 Å². The maximum atomic E-state index is 11.0. The summed E-state index contributed by atoms with van der Waals surface area (Å²) in [5, 5.41) is 16.1. The molecule has 19 heavy (non-hydrogen) atoms. The average molecular weight is 342 g/mol. The van der Waals surface area contributed by atoms with Crippen molar-refractivity contribution in [2.75, 3.05) is 5.32 Å². The predicted octanol–water partition coefficient (Wildman–Crippen LogP) is 4.30. The van der Waals surface area contributed by atoms with Crippen LogP contribution in [0, 0.1) is 17.0 Å². The van der Waals surface area contributed by atoms with Crippen LogP contribution in [0.1, 0.15) is 24.2 Å². The van der Waals surface area contributed by atoms with Crippen molar-refractivity contribution in [1.82, 2.24) is 4.98 Å². The quantitative estimate of drug-likeness (QED) is 0.665. The van der Waals surface area contributed by atoms with Gasteiger partial charge in [0.1, 0.15) is 0 Å². The minimum atomic E-state index is -0.375. The number of hydrogen-bond donors (Lipinski definition) is 1. The van der Waals surface area contributed by atoms with Crippen LogP contribution >= 0.6 is 27.3 Å². The fourth-order valence-corrected chi connectivity index (χ4v) is 2.93. The predicted molar refractivity (Wildman–Crippen MR) is 79.7 cm³/mol. The summed E-state index contributed by atoms with van der Waals surface area (Å²) in [6.07, 6.45) is 0. The Kier molecular flexibility index (Phi) is 4.16. The van der Waals surface area contributed by atoms with Gasteiger partial charge in [-0.15, -0.1) is 11.3 Å². The van der Waals surface area contributed by atoms with E-state index in [9.17, 15) is 10.1 Å². The van der Waals surface area contributed by atoms with Crippen molar-refractivity contribution in [3.63, 3.8) is 0 Å². The van der Waals surface area contributed by atoms with Gasteiger partial charge in [0.05, 0.1) is 27.9 Å². The number of rotatable bonds is 4. The first-order valence-electron chi connectivity index (χ1n) is 5.58. The first-order chi connectivity index (χ1) is 8.99. The number of hydrogen-bond acceptors (Lipinski definition) is 5. The van der Waals surface area contributed by atoms with Crippen LogP contribution in [-0.4, -0.2) is 9.91 Å². The molecule has 1 N–H and O–H groups in total.